The highest BCUT2D eigenvalue weighted by Gasteiger charge is 2.38. The quantitative estimate of drug-likeness (QED) is 0.793. The highest BCUT2D eigenvalue weighted by molar-refractivity contribution is 5.55. The van der Waals surface area contributed by atoms with Gasteiger partial charge in [-0.05, 0) is 17.7 Å². The molecule has 8 heteroatoms. The number of nitrogens with zero attached hydrogens (tertiary/aromatic N) is 3. The smallest absolute Gasteiger partial charge is 0.380 e. The molecular weight excluding hydrogens is 309 g/mol. The molecule has 0 aliphatic rings. The molecule has 0 saturated heterocycles. The third-order valence-corrected chi connectivity index (χ3v) is 3.04. The van der Waals surface area contributed by atoms with Gasteiger partial charge in [-0.2, -0.15) is 18.2 Å². The van der Waals surface area contributed by atoms with Crippen LogP contribution < -0.4 is 5.32 Å². The number of hydrogen-bond acceptors (Lipinski definition) is 5. The van der Waals surface area contributed by atoms with Crippen molar-refractivity contribution in [1.82, 2.24) is 15.1 Å². The molecule has 0 aliphatic carbocycles. The van der Waals surface area contributed by atoms with Crippen molar-refractivity contribution in [3.05, 3.63) is 60.2 Å². The van der Waals surface area contributed by atoms with Crippen molar-refractivity contribution < 1.29 is 17.7 Å². The van der Waals surface area contributed by atoms with Gasteiger partial charge in [0.15, 0.2) is 0 Å². The van der Waals surface area contributed by atoms with E-state index in [4.69, 9.17) is 0 Å². The minimum atomic E-state index is -4.64. The predicted molar refractivity (Wildman–Crippen MR) is 76.3 cm³/mol. The van der Waals surface area contributed by atoms with Crippen LogP contribution in [0.5, 0.6) is 0 Å². The van der Waals surface area contributed by atoms with Gasteiger partial charge in [-0.1, -0.05) is 29.4 Å². The van der Waals surface area contributed by atoms with Crippen LogP contribution in [0.3, 0.4) is 0 Å². The fourth-order valence-electron chi connectivity index (χ4n) is 1.90. The average molecular weight is 320 g/mol. The van der Waals surface area contributed by atoms with Crippen LogP contribution in [0.4, 0.5) is 18.9 Å². The van der Waals surface area contributed by atoms with Crippen LogP contribution in [0.2, 0.25) is 0 Å². The van der Waals surface area contributed by atoms with Crippen molar-refractivity contribution in [1.29, 1.82) is 0 Å². The zero-order chi connectivity index (χ0) is 16.3. The highest BCUT2D eigenvalue weighted by atomic mass is 19.4. The molecule has 1 aromatic carbocycles. The van der Waals surface area contributed by atoms with Gasteiger partial charge < -0.3 is 9.84 Å². The van der Waals surface area contributed by atoms with E-state index in [2.05, 4.69) is 25.0 Å². The van der Waals surface area contributed by atoms with Crippen molar-refractivity contribution in [2.24, 2.45) is 0 Å². The van der Waals surface area contributed by atoms with Crippen LogP contribution in [0.15, 0.2) is 53.3 Å². The van der Waals surface area contributed by atoms with Crippen LogP contribution in [0.1, 0.15) is 11.5 Å². The normalized spacial score (nSPS) is 11.4. The largest absolute Gasteiger partial charge is 0.471 e. The van der Waals surface area contributed by atoms with E-state index < -0.39 is 12.1 Å². The Morgan fingerprint density at radius 1 is 1.09 bits per heavy atom. The number of nitrogens with one attached hydrogen (secondary N) is 1. The topological polar surface area (TPSA) is 63.8 Å². The molecule has 0 radical (unpaired) electrons. The van der Waals surface area contributed by atoms with Gasteiger partial charge in [0.1, 0.15) is 0 Å². The lowest BCUT2D eigenvalue weighted by Gasteiger charge is -2.06. The van der Waals surface area contributed by atoms with E-state index in [1.54, 1.807) is 36.7 Å². The van der Waals surface area contributed by atoms with Crippen molar-refractivity contribution in [2.45, 2.75) is 12.7 Å². The summed E-state index contributed by atoms with van der Waals surface area (Å²) in [6, 6.07) is 10.6. The number of hydrogen-bond donors (Lipinski definition) is 1. The van der Waals surface area contributed by atoms with E-state index in [0.29, 0.717) is 12.1 Å². The molecule has 2 aromatic heterocycles. The van der Waals surface area contributed by atoms with Crippen LogP contribution >= 0.6 is 0 Å². The summed E-state index contributed by atoms with van der Waals surface area (Å²) in [4.78, 5) is 7.34. The summed E-state index contributed by atoms with van der Waals surface area (Å²) in [6.45, 7) is 0.562. The molecule has 3 aromatic rings. The summed E-state index contributed by atoms with van der Waals surface area (Å²) in [5.74, 6) is -1.45. The van der Waals surface area contributed by atoms with Crippen molar-refractivity contribution in [2.75, 3.05) is 5.32 Å². The monoisotopic (exact) mass is 320 g/mol. The molecule has 1 N–H and O–H groups in total. The maximum Gasteiger partial charge on any atom is 0.471 e. The minimum Gasteiger partial charge on any atom is -0.380 e. The minimum absolute atomic E-state index is 0.0934. The zero-order valence-corrected chi connectivity index (χ0v) is 11.7. The zero-order valence-electron chi connectivity index (χ0n) is 11.7. The number of anilines is 1. The van der Waals surface area contributed by atoms with E-state index in [9.17, 15) is 13.2 Å². The third-order valence-electron chi connectivity index (χ3n) is 3.04. The third kappa shape index (κ3) is 3.65. The Hall–Kier alpha value is -2.90. The van der Waals surface area contributed by atoms with E-state index in [1.807, 2.05) is 12.1 Å². The maximum atomic E-state index is 12.4. The molecule has 0 amide bonds. The van der Waals surface area contributed by atoms with Crippen LogP contribution in [-0.4, -0.2) is 15.1 Å². The second kappa shape index (κ2) is 6.07. The summed E-state index contributed by atoms with van der Waals surface area (Å²) in [7, 11) is 0. The van der Waals surface area contributed by atoms with E-state index >= 15 is 0 Å². The van der Waals surface area contributed by atoms with Gasteiger partial charge in [-0.3, -0.25) is 4.98 Å². The summed E-state index contributed by atoms with van der Waals surface area (Å²) in [5.41, 5.74) is 2.29. The summed E-state index contributed by atoms with van der Waals surface area (Å²) < 4.78 is 41.5. The molecule has 0 aliphatic heterocycles. The standard InChI is InChI=1S/C15H11F3N4O/c16-15(17,18)14-21-13(22-23-14)11-5-3-10(4-6-11)8-20-12-2-1-7-19-9-12/h1-7,9,20H,8H2. The molecule has 0 spiro atoms. The number of rotatable bonds is 4. The lowest BCUT2D eigenvalue weighted by molar-refractivity contribution is -0.159. The second-order valence-corrected chi connectivity index (χ2v) is 4.71. The number of halogens is 3. The van der Waals surface area contributed by atoms with E-state index in [0.717, 1.165) is 11.3 Å². The van der Waals surface area contributed by atoms with E-state index in [1.165, 1.54) is 0 Å². The first-order valence-corrected chi connectivity index (χ1v) is 6.66. The molecule has 23 heavy (non-hydrogen) atoms. The molecule has 2 heterocycles. The lowest BCUT2D eigenvalue weighted by Crippen LogP contribution is -2.04. The summed E-state index contributed by atoms with van der Waals surface area (Å²) in [6.07, 6.45) is -1.26. The fourth-order valence-corrected chi connectivity index (χ4v) is 1.90. The number of benzene rings is 1. The summed E-state index contributed by atoms with van der Waals surface area (Å²) in [5, 5.41) is 6.53. The van der Waals surface area contributed by atoms with Crippen LogP contribution in [-0.2, 0) is 12.7 Å². The first-order chi connectivity index (χ1) is 11.0. The molecule has 0 fully saturated rings. The van der Waals surface area contributed by atoms with Gasteiger partial charge >= 0.3 is 12.1 Å². The molecule has 0 saturated carbocycles. The van der Waals surface area contributed by atoms with Crippen LogP contribution in [0.25, 0.3) is 11.4 Å². The second-order valence-electron chi connectivity index (χ2n) is 4.71. The number of pyridine rings is 1. The molecular formula is C15H11F3N4O. The first kappa shape index (κ1) is 15.0. The van der Waals surface area contributed by atoms with Gasteiger partial charge in [0.25, 0.3) is 0 Å². The fraction of sp³-hybridized carbons (Fsp3) is 0.133. The Balaban J connectivity index is 1.68. The number of alkyl halides is 3. The SMILES string of the molecule is FC(F)(F)c1nc(-c2ccc(CNc3cccnc3)cc2)no1. The molecule has 0 atom stereocenters. The maximum absolute atomic E-state index is 12.4. The van der Waals surface area contributed by atoms with Crippen molar-refractivity contribution in [3.63, 3.8) is 0 Å². The predicted octanol–water partition coefficient (Wildman–Crippen LogP) is 3.76. The first-order valence-electron chi connectivity index (χ1n) is 6.66. The molecule has 3 rings (SSSR count). The van der Waals surface area contributed by atoms with Gasteiger partial charge in [0, 0.05) is 24.5 Å². The highest BCUT2D eigenvalue weighted by Crippen LogP contribution is 2.29. The Bertz CT molecular complexity index is 769. The summed E-state index contributed by atoms with van der Waals surface area (Å²) >= 11 is 0. The van der Waals surface area contributed by atoms with Crippen molar-refractivity contribution >= 4 is 5.69 Å². The van der Waals surface area contributed by atoms with E-state index in [-0.39, 0.29) is 5.82 Å². The molecule has 0 bridgehead atoms. The molecule has 0 unspecified atom stereocenters. The van der Waals surface area contributed by atoms with Gasteiger partial charge in [-0.15, -0.1) is 0 Å². The molecule has 118 valence electrons. The lowest BCUT2D eigenvalue weighted by atomic mass is 10.1. The van der Waals surface area contributed by atoms with Gasteiger partial charge in [-0.25, -0.2) is 0 Å². The number of aromatic nitrogens is 3. The average Bonchev–Trinajstić information content (AvgIpc) is 3.05. The Kier molecular flexibility index (Phi) is 3.96. The Morgan fingerprint density at radius 2 is 1.87 bits per heavy atom. The Morgan fingerprint density at radius 3 is 2.48 bits per heavy atom. The van der Waals surface area contributed by atoms with Crippen molar-refractivity contribution in [3.8, 4) is 11.4 Å². The van der Waals surface area contributed by atoms with Crippen LogP contribution in [0, 0.1) is 0 Å². The Labute approximate surface area is 129 Å². The van der Waals surface area contributed by atoms with Gasteiger partial charge in [0.05, 0.1) is 5.69 Å². The van der Waals surface area contributed by atoms with Gasteiger partial charge in [0.2, 0.25) is 5.82 Å². The molecule has 5 nitrogen and oxygen atoms in total.